The highest BCUT2D eigenvalue weighted by molar-refractivity contribution is 5.84. The second-order valence-corrected chi connectivity index (χ2v) is 10.6. The standard InChI is InChI=1S/C20H24O3.C17H20O3/c1-4-12-23-15(3)19(20(21)22-5-2)14-16-10-11-17-8-6-7-9-18(17)13-16;1-3-20-17(19)16(12(2)18)11-13-8-9-14-6-4-5-7-15(14)10-13/h4,6-11,13,15,19H,1,5,12,14H2,2-3H3;4-10,12,16,18H,3,11H2,1-2H3/t15-,19-;12-,16-/m11/s1. The zero-order valence-electron chi connectivity index (χ0n) is 25.7. The molecule has 0 spiro atoms. The molecule has 6 heteroatoms. The summed E-state index contributed by atoms with van der Waals surface area (Å²) in [6, 6.07) is 28.7. The molecule has 0 heterocycles. The number of aliphatic hydroxyl groups is 1. The summed E-state index contributed by atoms with van der Waals surface area (Å²) in [6.45, 7) is 11.9. The van der Waals surface area contributed by atoms with Crippen molar-refractivity contribution in [3.05, 3.63) is 109 Å². The third-order valence-electron chi connectivity index (χ3n) is 7.34. The van der Waals surface area contributed by atoms with E-state index in [1.807, 2.05) is 56.3 Å². The number of hydrogen-bond donors (Lipinski definition) is 1. The number of hydrogen-bond acceptors (Lipinski definition) is 6. The van der Waals surface area contributed by atoms with Gasteiger partial charge in [-0.1, -0.05) is 91.0 Å². The summed E-state index contributed by atoms with van der Waals surface area (Å²) in [5, 5.41) is 14.5. The molecule has 6 nitrogen and oxygen atoms in total. The molecule has 4 aromatic rings. The first-order valence-electron chi connectivity index (χ1n) is 15.0. The number of ether oxygens (including phenoxy) is 3. The van der Waals surface area contributed by atoms with Crippen LogP contribution in [-0.2, 0) is 36.6 Å². The Hall–Kier alpha value is -4.00. The monoisotopic (exact) mass is 584 g/mol. The van der Waals surface area contributed by atoms with Crippen LogP contribution in [-0.4, -0.2) is 49.1 Å². The second-order valence-electron chi connectivity index (χ2n) is 10.6. The molecule has 0 saturated carbocycles. The summed E-state index contributed by atoms with van der Waals surface area (Å²) in [6.07, 6.45) is 1.83. The molecule has 0 aliphatic heterocycles. The van der Waals surface area contributed by atoms with Crippen molar-refractivity contribution in [2.45, 2.75) is 52.7 Å². The van der Waals surface area contributed by atoms with E-state index in [0.717, 1.165) is 16.5 Å². The van der Waals surface area contributed by atoms with E-state index in [1.165, 1.54) is 16.2 Å². The average molecular weight is 585 g/mol. The highest BCUT2D eigenvalue weighted by Crippen LogP contribution is 2.22. The van der Waals surface area contributed by atoms with Gasteiger partial charge in [0.1, 0.15) is 0 Å². The molecule has 0 fully saturated rings. The zero-order valence-corrected chi connectivity index (χ0v) is 25.7. The van der Waals surface area contributed by atoms with Gasteiger partial charge in [0.2, 0.25) is 0 Å². The minimum absolute atomic E-state index is 0.211. The first-order chi connectivity index (χ1) is 20.8. The predicted octanol–water partition coefficient (Wildman–Crippen LogP) is 7.10. The molecule has 0 unspecified atom stereocenters. The molecule has 228 valence electrons. The molecule has 43 heavy (non-hydrogen) atoms. The van der Waals surface area contributed by atoms with Gasteiger partial charge in [-0.25, -0.2) is 0 Å². The van der Waals surface area contributed by atoms with E-state index in [2.05, 4.69) is 49.0 Å². The normalized spacial score (nSPS) is 13.7. The highest BCUT2D eigenvalue weighted by atomic mass is 16.5. The van der Waals surface area contributed by atoms with Crippen molar-refractivity contribution in [2.24, 2.45) is 11.8 Å². The van der Waals surface area contributed by atoms with Crippen molar-refractivity contribution in [3.8, 4) is 0 Å². The lowest BCUT2D eigenvalue weighted by molar-refractivity contribution is -0.153. The van der Waals surface area contributed by atoms with Crippen LogP contribution in [0.5, 0.6) is 0 Å². The minimum atomic E-state index is -0.722. The molecule has 0 radical (unpaired) electrons. The molecular weight excluding hydrogens is 540 g/mol. The number of carbonyl (C=O) groups is 2. The van der Waals surface area contributed by atoms with Gasteiger partial charge in [0.05, 0.1) is 43.9 Å². The van der Waals surface area contributed by atoms with Crippen LogP contribution in [0.3, 0.4) is 0 Å². The molecule has 0 bridgehead atoms. The lowest BCUT2D eigenvalue weighted by Gasteiger charge is -2.22. The molecular formula is C37H44O6. The maximum atomic E-state index is 12.3. The lowest BCUT2D eigenvalue weighted by Crippen LogP contribution is -2.32. The van der Waals surface area contributed by atoms with Crippen molar-refractivity contribution >= 4 is 33.5 Å². The van der Waals surface area contributed by atoms with E-state index in [1.54, 1.807) is 19.9 Å². The molecule has 0 aliphatic rings. The number of carbonyl (C=O) groups excluding carboxylic acids is 2. The third kappa shape index (κ3) is 10.1. The van der Waals surface area contributed by atoms with E-state index in [0.29, 0.717) is 32.7 Å². The molecule has 1 N–H and O–H groups in total. The third-order valence-corrected chi connectivity index (χ3v) is 7.34. The van der Waals surface area contributed by atoms with Crippen LogP contribution in [0.1, 0.15) is 38.8 Å². The Balaban J connectivity index is 0.000000238. The van der Waals surface area contributed by atoms with Crippen LogP contribution < -0.4 is 0 Å². The van der Waals surface area contributed by atoms with E-state index in [4.69, 9.17) is 14.2 Å². The fraction of sp³-hybridized carbons (Fsp3) is 0.351. The lowest BCUT2D eigenvalue weighted by atomic mass is 9.93. The largest absolute Gasteiger partial charge is 0.466 e. The van der Waals surface area contributed by atoms with Gasteiger partial charge in [0.15, 0.2) is 0 Å². The molecule has 0 aliphatic carbocycles. The van der Waals surface area contributed by atoms with Gasteiger partial charge in [-0.15, -0.1) is 6.58 Å². The number of benzene rings is 4. The van der Waals surface area contributed by atoms with E-state index in [9.17, 15) is 14.7 Å². The first kappa shape index (κ1) is 33.5. The van der Waals surface area contributed by atoms with Crippen LogP contribution in [0.15, 0.2) is 97.6 Å². The van der Waals surface area contributed by atoms with Gasteiger partial charge in [0, 0.05) is 0 Å². The Morgan fingerprint density at radius 2 is 1.16 bits per heavy atom. The SMILES string of the molecule is C=CCO[C@H](C)[C@@H](Cc1ccc2ccccc2c1)C(=O)OCC.CCOC(=O)[C@H](Cc1ccc2ccccc2c1)[C@@H](C)O. The summed E-state index contributed by atoms with van der Waals surface area (Å²) in [4.78, 5) is 24.2. The van der Waals surface area contributed by atoms with Gasteiger partial charge in [-0.2, -0.15) is 0 Å². The fourth-order valence-corrected chi connectivity index (χ4v) is 4.97. The summed E-state index contributed by atoms with van der Waals surface area (Å²) >= 11 is 0. The quantitative estimate of drug-likeness (QED) is 0.133. The van der Waals surface area contributed by atoms with Gasteiger partial charge in [0.25, 0.3) is 0 Å². The van der Waals surface area contributed by atoms with Crippen LogP contribution >= 0.6 is 0 Å². The Morgan fingerprint density at radius 3 is 1.60 bits per heavy atom. The first-order valence-corrected chi connectivity index (χ1v) is 15.0. The predicted molar refractivity (Wildman–Crippen MR) is 173 cm³/mol. The summed E-state index contributed by atoms with van der Waals surface area (Å²) < 4.78 is 15.9. The Bertz CT molecular complexity index is 1480. The summed E-state index contributed by atoms with van der Waals surface area (Å²) in [7, 11) is 0. The Labute approximate surface area is 255 Å². The van der Waals surface area contributed by atoms with Crippen LogP contribution in [0, 0.1) is 11.8 Å². The Morgan fingerprint density at radius 1 is 0.721 bits per heavy atom. The summed E-state index contributed by atoms with van der Waals surface area (Å²) in [5.74, 6) is -1.39. The molecule has 0 saturated heterocycles. The topological polar surface area (TPSA) is 82.1 Å². The highest BCUT2D eigenvalue weighted by Gasteiger charge is 2.27. The number of rotatable bonds is 13. The number of esters is 2. The van der Waals surface area contributed by atoms with Crippen LogP contribution in [0.25, 0.3) is 21.5 Å². The smallest absolute Gasteiger partial charge is 0.311 e. The van der Waals surface area contributed by atoms with Crippen molar-refractivity contribution in [1.29, 1.82) is 0 Å². The van der Waals surface area contributed by atoms with Crippen molar-refractivity contribution in [2.75, 3.05) is 19.8 Å². The van der Waals surface area contributed by atoms with Crippen LogP contribution in [0.2, 0.25) is 0 Å². The molecule has 4 aromatic carbocycles. The van der Waals surface area contributed by atoms with Crippen molar-refractivity contribution < 1.29 is 28.9 Å². The second kappa shape index (κ2) is 17.2. The van der Waals surface area contributed by atoms with E-state index in [-0.39, 0.29) is 24.0 Å². The van der Waals surface area contributed by atoms with Gasteiger partial charge >= 0.3 is 11.9 Å². The fourth-order valence-electron chi connectivity index (χ4n) is 4.97. The van der Waals surface area contributed by atoms with Crippen molar-refractivity contribution in [1.82, 2.24) is 0 Å². The van der Waals surface area contributed by atoms with Gasteiger partial charge < -0.3 is 19.3 Å². The number of fused-ring (bicyclic) bond motifs is 2. The molecule has 4 atom stereocenters. The Kier molecular flexibility index (Phi) is 13.4. The maximum absolute atomic E-state index is 12.3. The molecule has 0 amide bonds. The van der Waals surface area contributed by atoms with Gasteiger partial charge in [-0.3, -0.25) is 9.59 Å². The molecule has 0 aromatic heterocycles. The average Bonchev–Trinajstić information content (AvgIpc) is 3.01. The van der Waals surface area contributed by atoms with Crippen molar-refractivity contribution in [3.63, 3.8) is 0 Å². The molecule has 4 rings (SSSR count). The van der Waals surface area contributed by atoms with E-state index < -0.39 is 12.0 Å². The van der Waals surface area contributed by atoms with Gasteiger partial charge in [-0.05, 0) is 73.2 Å². The zero-order chi connectivity index (χ0) is 31.2. The number of aliphatic hydroxyl groups excluding tert-OH is 1. The summed E-state index contributed by atoms with van der Waals surface area (Å²) in [5.41, 5.74) is 2.14. The van der Waals surface area contributed by atoms with E-state index >= 15 is 0 Å². The van der Waals surface area contributed by atoms with Crippen LogP contribution in [0.4, 0.5) is 0 Å². The minimum Gasteiger partial charge on any atom is -0.466 e. The maximum Gasteiger partial charge on any atom is 0.311 e.